The fraction of sp³-hybridized carbons (Fsp3) is 0.786. The molecule has 1 N–H and O–H groups in total. The van der Waals surface area contributed by atoms with Gasteiger partial charge in [0, 0.05) is 11.8 Å². The lowest BCUT2D eigenvalue weighted by atomic mass is 9.82. The van der Waals surface area contributed by atoms with E-state index in [-0.39, 0.29) is 5.92 Å². The van der Waals surface area contributed by atoms with Crippen LogP contribution in [0.4, 0.5) is 0 Å². The van der Waals surface area contributed by atoms with Crippen LogP contribution in [0, 0.1) is 11.8 Å². The van der Waals surface area contributed by atoms with Gasteiger partial charge in [-0.3, -0.25) is 4.79 Å². The maximum absolute atomic E-state index is 11.0. The van der Waals surface area contributed by atoms with E-state index in [0.717, 1.165) is 18.7 Å². The first kappa shape index (κ1) is 14.0. The topological polar surface area (TPSA) is 76.2 Å². The van der Waals surface area contributed by atoms with Crippen LogP contribution in [-0.4, -0.2) is 21.2 Å². The van der Waals surface area contributed by atoms with Crippen molar-refractivity contribution in [3.05, 3.63) is 11.7 Å². The standard InChI is InChI=1S/C14H22N2O3/c1-8-5-4-6-11(7-8)12-15-13(19-16-12)9(2)10(3)14(17)18/h8-11H,4-7H2,1-3H3,(H,17,18). The van der Waals surface area contributed by atoms with Gasteiger partial charge in [0.05, 0.1) is 5.92 Å². The molecule has 5 nitrogen and oxygen atoms in total. The van der Waals surface area contributed by atoms with Gasteiger partial charge in [0.2, 0.25) is 5.89 Å². The number of aromatic nitrogens is 2. The Labute approximate surface area is 113 Å². The number of hydrogen-bond donors (Lipinski definition) is 1. The molecule has 0 bridgehead atoms. The van der Waals surface area contributed by atoms with E-state index in [9.17, 15) is 4.79 Å². The van der Waals surface area contributed by atoms with Crippen molar-refractivity contribution in [2.45, 2.75) is 58.3 Å². The summed E-state index contributed by atoms with van der Waals surface area (Å²) in [6, 6.07) is 0. The smallest absolute Gasteiger partial charge is 0.307 e. The Morgan fingerprint density at radius 1 is 1.42 bits per heavy atom. The zero-order valence-electron chi connectivity index (χ0n) is 11.8. The van der Waals surface area contributed by atoms with Crippen molar-refractivity contribution >= 4 is 5.97 Å². The SMILES string of the molecule is CC1CCCC(c2noc(C(C)C(C)C(=O)O)n2)C1. The van der Waals surface area contributed by atoms with Crippen molar-refractivity contribution in [3.8, 4) is 0 Å². The molecule has 106 valence electrons. The third-order valence-corrected chi connectivity index (χ3v) is 4.29. The Bertz CT molecular complexity index is 444. The summed E-state index contributed by atoms with van der Waals surface area (Å²) in [6.07, 6.45) is 4.68. The highest BCUT2D eigenvalue weighted by Crippen LogP contribution is 2.35. The fourth-order valence-electron chi connectivity index (χ4n) is 2.69. The molecule has 5 heteroatoms. The quantitative estimate of drug-likeness (QED) is 0.905. The second-order valence-corrected chi connectivity index (χ2v) is 5.88. The monoisotopic (exact) mass is 266 g/mol. The van der Waals surface area contributed by atoms with Gasteiger partial charge in [-0.05, 0) is 18.8 Å². The lowest BCUT2D eigenvalue weighted by Gasteiger charge is -2.23. The van der Waals surface area contributed by atoms with Gasteiger partial charge in [-0.15, -0.1) is 0 Å². The third kappa shape index (κ3) is 3.14. The van der Waals surface area contributed by atoms with Gasteiger partial charge in [0.25, 0.3) is 0 Å². The largest absolute Gasteiger partial charge is 0.481 e. The molecular weight excluding hydrogens is 244 g/mol. The Morgan fingerprint density at radius 3 is 2.79 bits per heavy atom. The highest BCUT2D eigenvalue weighted by atomic mass is 16.5. The molecule has 4 atom stereocenters. The Morgan fingerprint density at radius 2 is 2.16 bits per heavy atom. The van der Waals surface area contributed by atoms with Crippen LogP contribution in [0.1, 0.15) is 70.0 Å². The summed E-state index contributed by atoms with van der Waals surface area (Å²) in [5.74, 6) is 0.677. The minimum Gasteiger partial charge on any atom is -0.481 e. The van der Waals surface area contributed by atoms with Gasteiger partial charge >= 0.3 is 5.97 Å². The minimum absolute atomic E-state index is 0.250. The number of rotatable bonds is 4. The van der Waals surface area contributed by atoms with Gasteiger partial charge in [-0.1, -0.05) is 38.8 Å². The molecule has 1 aliphatic rings. The summed E-state index contributed by atoms with van der Waals surface area (Å²) < 4.78 is 5.26. The summed E-state index contributed by atoms with van der Waals surface area (Å²) in [5.41, 5.74) is 0. The van der Waals surface area contributed by atoms with Gasteiger partial charge < -0.3 is 9.63 Å². The van der Waals surface area contributed by atoms with E-state index in [4.69, 9.17) is 9.63 Å². The molecule has 1 aromatic heterocycles. The van der Waals surface area contributed by atoms with E-state index in [2.05, 4.69) is 17.1 Å². The van der Waals surface area contributed by atoms with Crippen LogP contribution in [0.15, 0.2) is 4.52 Å². The number of aliphatic carboxylic acids is 1. The fourth-order valence-corrected chi connectivity index (χ4v) is 2.69. The number of carboxylic acid groups (broad SMARTS) is 1. The summed E-state index contributed by atoms with van der Waals surface area (Å²) in [7, 11) is 0. The normalized spacial score (nSPS) is 26.9. The molecule has 0 amide bonds. The zero-order chi connectivity index (χ0) is 14.0. The van der Waals surface area contributed by atoms with Crippen LogP contribution in [0.25, 0.3) is 0 Å². The molecule has 1 heterocycles. The molecule has 0 aliphatic heterocycles. The predicted molar refractivity (Wildman–Crippen MR) is 69.9 cm³/mol. The lowest BCUT2D eigenvalue weighted by Crippen LogP contribution is -2.17. The molecular formula is C14H22N2O3. The average molecular weight is 266 g/mol. The zero-order valence-corrected chi connectivity index (χ0v) is 11.8. The van der Waals surface area contributed by atoms with Crippen LogP contribution in [-0.2, 0) is 4.79 Å². The van der Waals surface area contributed by atoms with Crippen molar-refractivity contribution in [2.75, 3.05) is 0 Å². The van der Waals surface area contributed by atoms with Crippen molar-refractivity contribution in [1.82, 2.24) is 10.1 Å². The van der Waals surface area contributed by atoms with E-state index in [0.29, 0.717) is 17.7 Å². The van der Waals surface area contributed by atoms with Crippen LogP contribution in [0.5, 0.6) is 0 Å². The molecule has 0 radical (unpaired) electrons. The van der Waals surface area contributed by atoms with Crippen LogP contribution < -0.4 is 0 Å². The summed E-state index contributed by atoms with van der Waals surface area (Å²) >= 11 is 0. The number of carbonyl (C=O) groups is 1. The van der Waals surface area contributed by atoms with Gasteiger partial charge in [-0.2, -0.15) is 4.98 Å². The third-order valence-electron chi connectivity index (χ3n) is 4.29. The van der Waals surface area contributed by atoms with Crippen LogP contribution in [0.2, 0.25) is 0 Å². The van der Waals surface area contributed by atoms with Crippen LogP contribution in [0.3, 0.4) is 0 Å². The number of hydrogen-bond acceptors (Lipinski definition) is 4. The molecule has 1 aliphatic carbocycles. The van der Waals surface area contributed by atoms with Crippen LogP contribution >= 0.6 is 0 Å². The molecule has 4 unspecified atom stereocenters. The molecule has 1 fully saturated rings. The van der Waals surface area contributed by atoms with Crippen molar-refractivity contribution in [1.29, 1.82) is 0 Å². The van der Waals surface area contributed by atoms with E-state index in [1.165, 1.54) is 12.8 Å². The second kappa shape index (κ2) is 5.72. The lowest BCUT2D eigenvalue weighted by molar-refractivity contribution is -0.141. The van der Waals surface area contributed by atoms with E-state index >= 15 is 0 Å². The summed E-state index contributed by atoms with van der Waals surface area (Å²) in [6.45, 7) is 5.74. The predicted octanol–water partition coefficient (Wildman–Crippen LogP) is 3.19. The summed E-state index contributed by atoms with van der Waals surface area (Å²) in [5, 5.41) is 13.1. The first-order chi connectivity index (χ1) is 8.99. The first-order valence-corrected chi connectivity index (χ1v) is 7.05. The molecule has 0 spiro atoms. The molecule has 0 aromatic carbocycles. The molecule has 1 saturated carbocycles. The maximum Gasteiger partial charge on any atom is 0.307 e. The van der Waals surface area contributed by atoms with Crippen molar-refractivity contribution < 1.29 is 14.4 Å². The first-order valence-electron chi connectivity index (χ1n) is 7.05. The summed E-state index contributed by atoms with van der Waals surface area (Å²) in [4.78, 5) is 15.4. The van der Waals surface area contributed by atoms with E-state index in [1.807, 2.05) is 6.92 Å². The van der Waals surface area contributed by atoms with E-state index in [1.54, 1.807) is 6.92 Å². The van der Waals surface area contributed by atoms with Gasteiger partial charge in [0.1, 0.15) is 0 Å². The number of nitrogens with zero attached hydrogens (tertiary/aromatic N) is 2. The van der Waals surface area contributed by atoms with Gasteiger partial charge in [0.15, 0.2) is 5.82 Å². The van der Waals surface area contributed by atoms with Crippen molar-refractivity contribution in [2.24, 2.45) is 11.8 Å². The molecule has 1 aromatic rings. The molecule has 19 heavy (non-hydrogen) atoms. The highest BCUT2D eigenvalue weighted by molar-refractivity contribution is 5.70. The second-order valence-electron chi connectivity index (χ2n) is 5.88. The average Bonchev–Trinajstić information content (AvgIpc) is 2.86. The maximum atomic E-state index is 11.0. The Kier molecular flexibility index (Phi) is 4.22. The minimum atomic E-state index is -0.835. The van der Waals surface area contributed by atoms with E-state index < -0.39 is 11.9 Å². The van der Waals surface area contributed by atoms with Crippen molar-refractivity contribution in [3.63, 3.8) is 0 Å². The number of carboxylic acids is 1. The Hall–Kier alpha value is -1.39. The molecule has 0 saturated heterocycles. The highest BCUT2D eigenvalue weighted by Gasteiger charge is 2.29. The molecule has 2 rings (SSSR count). The van der Waals surface area contributed by atoms with Gasteiger partial charge in [-0.25, -0.2) is 0 Å². The Balaban J connectivity index is 2.08.